The molecule has 0 radical (unpaired) electrons. The van der Waals surface area contributed by atoms with Crippen LogP contribution >= 0.6 is 0 Å². The second-order valence-electron chi connectivity index (χ2n) is 6.36. The molecule has 0 aromatic heterocycles. The van der Waals surface area contributed by atoms with Gasteiger partial charge in [0.05, 0.1) is 12.1 Å². The molecular weight excluding hydrogens is 272 g/mol. The average molecular weight is 298 g/mol. The zero-order valence-electron chi connectivity index (χ0n) is 13.3. The molecule has 1 N–H and O–H groups in total. The first-order valence-corrected chi connectivity index (χ1v) is 7.87. The van der Waals surface area contributed by atoms with Crippen LogP contribution in [0.3, 0.4) is 0 Å². The Balaban J connectivity index is 2.06. The number of amides is 1. The molecule has 1 saturated heterocycles. The molecule has 2 aliphatic carbocycles. The van der Waals surface area contributed by atoms with Gasteiger partial charge >= 0.3 is 0 Å². The van der Waals surface area contributed by atoms with Gasteiger partial charge in [0.1, 0.15) is 12.0 Å². The fraction of sp³-hybridized carbons (Fsp3) is 0.933. The van der Waals surface area contributed by atoms with Gasteiger partial charge in [-0.15, -0.1) is 0 Å². The molecule has 6 nitrogen and oxygen atoms in total. The lowest BCUT2D eigenvalue weighted by Gasteiger charge is -2.73. The molecule has 0 spiro atoms. The van der Waals surface area contributed by atoms with Crippen LogP contribution in [0.1, 0.15) is 46.0 Å². The van der Waals surface area contributed by atoms with E-state index in [1.807, 2.05) is 16.7 Å². The minimum absolute atomic E-state index is 0.00509. The molecule has 3 aliphatic rings. The van der Waals surface area contributed by atoms with Gasteiger partial charge in [0.2, 0.25) is 5.91 Å². The number of aliphatic hydroxyl groups is 1. The first-order chi connectivity index (χ1) is 9.98. The molecule has 0 aromatic carbocycles. The normalized spacial score (nSPS) is 43.4. The van der Waals surface area contributed by atoms with Gasteiger partial charge in [0, 0.05) is 20.6 Å². The predicted molar refractivity (Wildman–Crippen MR) is 76.2 cm³/mol. The molecule has 5 atom stereocenters. The van der Waals surface area contributed by atoms with Gasteiger partial charge in [-0.3, -0.25) is 4.79 Å². The number of rotatable bonds is 4. The van der Waals surface area contributed by atoms with Gasteiger partial charge in [-0.25, -0.2) is 4.90 Å². The van der Waals surface area contributed by atoms with Crippen LogP contribution in [-0.2, 0) is 14.3 Å². The largest absolute Gasteiger partial charge is 0.379 e. The molecule has 1 amide bonds. The summed E-state index contributed by atoms with van der Waals surface area (Å²) in [6.07, 6.45) is 3.29. The number of aliphatic hydroxyl groups excluding tert-OH is 1. The number of fused-ring (bicyclic) bond motifs is 2. The van der Waals surface area contributed by atoms with Crippen molar-refractivity contribution in [1.82, 2.24) is 9.80 Å². The fourth-order valence-electron chi connectivity index (χ4n) is 4.65. The third-order valence-electron chi connectivity index (χ3n) is 5.77. The maximum atomic E-state index is 12.6. The summed E-state index contributed by atoms with van der Waals surface area (Å²) >= 11 is 0. The molecule has 120 valence electrons. The molecule has 1 heterocycles. The second-order valence-corrected chi connectivity index (χ2v) is 6.36. The first-order valence-electron chi connectivity index (χ1n) is 7.87. The first kappa shape index (κ1) is 15.2. The number of ether oxygens (including phenoxy) is 2. The van der Waals surface area contributed by atoms with E-state index in [4.69, 9.17) is 9.47 Å². The second kappa shape index (κ2) is 4.91. The van der Waals surface area contributed by atoms with E-state index in [2.05, 4.69) is 0 Å². The SMILES string of the molecule is CCC(=O)N1C2CCC2(OC)N(C(C)O)C2CCC21OC. The van der Waals surface area contributed by atoms with Crippen molar-refractivity contribution < 1.29 is 19.4 Å². The highest BCUT2D eigenvalue weighted by Gasteiger charge is 2.72. The zero-order chi connectivity index (χ0) is 15.4. The monoisotopic (exact) mass is 298 g/mol. The van der Waals surface area contributed by atoms with Crippen molar-refractivity contribution >= 4 is 5.91 Å². The zero-order valence-corrected chi connectivity index (χ0v) is 13.3. The fourth-order valence-corrected chi connectivity index (χ4v) is 4.65. The maximum absolute atomic E-state index is 12.6. The van der Waals surface area contributed by atoms with Crippen molar-refractivity contribution in [3.63, 3.8) is 0 Å². The minimum Gasteiger partial charge on any atom is -0.379 e. The Morgan fingerprint density at radius 1 is 1.24 bits per heavy atom. The van der Waals surface area contributed by atoms with E-state index in [1.165, 1.54) is 0 Å². The third-order valence-corrected chi connectivity index (χ3v) is 5.77. The van der Waals surface area contributed by atoms with Gasteiger partial charge in [-0.2, -0.15) is 0 Å². The van der Waals surface area contributed by atoms with Crippen LogP contribution in [0.2, 0.25) is 0 Å². The quantitative estimate of drug-likeness (QED) is 0.835. The molecule has 2 saturated carbocycles. The summed E-state index contributed by atoms with van der Waals surface area (Å²) in [6, 6.07) is -0.0458. The Bertz CT molecular complexity index is 435. The number of nitrogens with zero attached hydrogens (tertiary/aromatic N) is 2. The lowest BCUT2D eigenvalue weighted by Crippen LogP contribution is -2.88. The van der Waals surface area contributed by atoms with E-state index in [-0.39, 0.29) is 18.0 Å². The number of carbonyl (C=O) groups excluding carboxylic acids is 1. The van der Waals surface area contributed by atoms with Crippen LogP contribution in [-0.4, -0.2) is 64.8 Å². The van der Waals surface area contributed by atoms with E-state index in [0.29, 0.717) is 6.42 Å². The van der Waals surface area contributed by atoms with Crippen LogP contribution in [0, 0.1) is 0 Å². The molecule has 3 fully saturated rings. The van der Waals surface area contributed by atoms with Crippen LogP contribution in [0.15, 0.2) is 0 Å². The number of hydrogen-bond donors (Lipinski definition) is 1. The number of hydrogen-bond acceptors (Lipinski definition) is 5. The molecule has 3 rings (SSSR count). The number of carbonyl (C=O) groups is 1. The van der Waals surface area contributed by atoms with Crippen molar-refractivity contribution in [1.29, 1.82) is 0 Å². The standard InChI is InChI=1S/C15H26N2O4/c1-5-13(19)17-12-7-8-14(12,20-3)16(10(2)18)11-6-9-15(11,17)21-4/h10-12,18H,5-9H2,1-4H3. The van der Waals surface area contributed by atoms with E-state index < -0.39 is 17.7 Å². The van der Waals surface area contributed by atoms with Crippen molar-refractivity contribution in [2.24, 2.45) is 0 Å². The summed E-state index contributed by atoms with van der Waals surface area (Å²) in [5.41, 5.74) is -1.16. The number of methoxy groups -OCH3 is 2. The Morgan fingerprint density at radius 3 is 2.14 bits per heavy atom. The highest BCUT2D eigenvalue weighted by molar-refractivity contribution is 5.78. The van der Waals surface area contributed by atoms with Crippen molar-refractivity contribution in [2.75, 3.05) is 14.2 Å². The highest BCUT2D eigenvalue weighted by atomic mass is 16.5. The smallest absolute Gasteiger partial charge is 0.224 e. The topological polar surface area (TPSA) is 62.2 Å². The van der Waals surface area contributed by atoms with E-state index in [9.17, 15) is 9.90 Å². The van der Waals surface area contributed by atoms with E-state index >= 15 is 0 Å². The highest BCUT2D eigenvalue weighted by Crippen LogP contribution is 2.58. The molecular formula is C15H26N2O4. The summed E-state index contributed by atoms with van der Waals surface area (Å²) in [5, 5.41) is 10.3. The summed E-state index contributed by atoms with van der Waals surface area (Å²) < 4.78 is 11.7. The lowest BCUT2D eigenvalue weighted by molar-refractivity contribution is -0.384. The molecule has 0 bridgehead atoms. The maximum Gasteiger partial charge on any atom is 0.224 e. The molecule has 1 aliphatic heterocycles. The van der Waals surface area contributed by atoms with Crippen LogP contribution in [0.25, 0.3) is 0 Å². The Morgan fingerprint density at radius 2 is 1.81 bits per heavy atom. The molecule has 6 heteroatoms. The molecule has 21 heavy (non-hydrogen) atoms. The Labute approximate surface area is 126 Å². The van der Waals surface area contributed by atoms with Gasteiger partial charge < -0.3 is 19.5 Å². The third kappa shape index (κ3) is 1.64. The van der Waals surface area contributed by atoms with Gasteiger partial charge in [-0.1, -0.05) is 6.92 Å². The van der Waals surface area contributed by atoms with Crippen molar-refractivity contribution in [3.05, 3.63) is 0 Å². The van der Waals surface area contributed by atoms with Crippen LogP contribution < -0.4 is 0 Å². The average Bonchev–Trinajstić information content (AvgIpc) is 2.42. The predicted octanol–water partition coefficient (Wildman–Crippen LogP) is 0.889. The van der Waals surface area contributed by atoms with E-state index in [0.717, 1.165) is 25.7 Å². The van der Waals surface area contributed by atoms with Crippen molar-refractivity contribution in [3.8, 4) is 0 Å². The van der Waals surface area contributed by atoms with Gasteiger partial charge in [-0.05, 0) is 32.6 Å². The van der Waals surface area contributed by atoms with Gasteiger partial charge in [0.25, 0.3) is 0 Å². The molecule has 0 aromatic rings. The van der Waals surface area contributed by atoms with E-state index in [1.54, 1.807) is 21.1 Å². The lowest BCUT2D eigenvalue weighted by atomic mass is 9.66. The summed E-state index contributed by atoms with van der Waals surface area (Å²) in [6.45, 7) is 3.65. The van der Waals surface area contributed by atoms with Crippen LogP contribution in [0.4, 0.5) is 0 Å². The summed E-state index contributed by atoms with van der Waals surface area (Å²) in [7, 11) is 3.34. The minimum atomic E-state index is -0.619. The Hall–Kier alpha value is -0.690. The van der Waals surface area contributed by atoms with Gasteiger partial charge in [0.15, 0.2) is 5.72 Å². The summed E-state index contributed by atoms with van der Waals surface area (Å²) in [5.74, 6) is 0.109. The van der Waals surface area contributed by atoms with Crippen LogP contribution in [0.5, 0.6) is 0 Å². The summed E-state index contributed by atoms with van der Waals surface area (Å²) in [4.78, 5) is 16.5. The van der Waals surface area contributed by atoms with Crippen molar-refractivity contribution in [2.45, 2.75) is 75.7 Å². The number of piperazine rings is 1. The molecule has 5 unspecified atom stereocenters. The Kier molecular flexibility index (Phi) is 3.56.